The van der Waals surface area contributed by atoms with E-state index in [0.717, 1.165) is 0 Å². The molecule has 0 radical (unpaired) electrons. The molecule has 2 N–H and O–H groups in total. The third-order valence-corrected chi connectivity index (χ3v) is 3.06. The number of amides is 1. The van der Waals surface area contributed by atoms with E-state index < -0.39 is 5.76 Å². The number of benzene rings is 2. The Balaban J connectivity index is 1.60. The van der Waals surface area contributed by atoms with Gasteiger partial charge in [-0.25, -0.2) is 4.79 Å². The van der Waals surface area contributed by atoms with Crippen LogP contribution in [0.4, 0.5) is 5.69 Å². The number of ether oxygens (including phenoxy) is 1. The standard InChI is InChI=1S/C16H14N2O4/c19-14(9-10-21-11-5-2-1-3-6-11)17-12-7-4-8-13-15(12)22-16(20)18-13/h1-8H,9-10H2,(H,17,19)(H,18,20). The summed E-state index contributed by atoms with van der Waals surface area (Å²) in [6.45, 7) is 0.267. The summed E-state index contributed by atoms with van der Waals surface area (Å²) < 4.78 is 10.5. The van der Waals surface area contributed by atoms with Crippen molar-refractivity contribution in [1.29, 1.82) is 0 Å². The van der Waals surface area contributed by atoms with Gasteiger partial charge in [0.15, 0.2) is 5.58 Å². The van der Waals surface area contributed by atoms with Gasteiger partial charge in [0, 0.05) is 0 Å². The SMILES string of the molecule is O=C(CCOc1ccccc1)Nc1cccc2[nH]c(=O)oc12. The molecule has 3 aromatic rings. The summed E-state index contributed by atoms with van der Waals surface area (Å²) in [5.74, 6) is -0.0505. The molecule has 3 rings (SSSR count). The lowest BCUT2D eigenvalue weighted by atomic mass is 10.2. The molecule has 0 atom stereocenters. The number of anilines is 1. The smallest absolute Gasteiger partial charge is 0.417 e. The molecule has 0 saturated heterocycles. The third-order valence-electron chi connectivity index (χ3n) is 3.06. The van der Waals surface area contributed by atoms with Crippen LogP contribution in [0.3, 0.4) is 0 Å². The first-order chi connectivity index (χ1) is 10.7. The van der Waals surface area contributed by atoms with Gasteiger partial charge in [0.05, 0.1) is 24.2 Å². The van der Waals surface area contributed by atoms with Crippen molar-refractivity contribution >= 4 is 22.7 Å². The van der Waals surface area contributed by atoms with Gasteiger partial charge in [-0.15, -0.1) is 0 Å². The van der Waals surface area contributed by atoms with Crippen LogP contribution >= 0.6 is 0 Å². The Labute approximate surface area is 125 Å². The second kappa shape index (κ2) is 6.17. The molecule has 2 aromatic carbocycles. The predicted molar refractivity (Wildman–Crippen MR) is 82.0 cm³/mol. The van der Waals surface area contributed by atoms with E-state index in [-0.39, 0.29) is 18.9 Å². The third kappa shape index (κ3) is 3.17. The number of aromatic amines is 1. The summed E-state index contributed by atoms with van der Waals surface area (Å²) >= 11 is 0. The zero-order valence-electron chi connectivity index (χ0n) is 11.7. The number of carbonyl (C=O) groups is 1. The van der Waals surface area contributed by atoms with Crippen molar-refractivity contribution < 1.29 is 13.9 Å². The summed E-state index contributed by atoms with van der Waals surface area (Å²) in [6.07, 6.45) is 0.194. The van der Waals surface area contributed by atoms with Gasteiger partial charge in [-0.05, 0) is 24.3 Å². The van der Waals surface area contributed by atoms with E-state index in [1.807, 2.05) is 30.3 Å². The number of H-pyrrole nitrogens is 1. The zero-order valence-corrected chi connectivity index (χ0v) is 11.7. The molecule has 0 saturated carbocycles. The van der Waals surface area contributed by atoms with E-state index in [0.29, 0.717) is 22.5 Å². The van der Waals surface area contributed by atoms with Gasteiger partial charge >= 0.3 is 5.76 Å². The summed E-state index contributed by atoms with van der Waals surface area (Å²) in [5, 5.41) is 2.71. The molecular formula is C16H14N2O4. The van der Waals surface area contributed by atoms with Crippen molar-refractivity contribution in [3.05, 3.63) is 59.1 Å². The number of rotatable bonds is 5. The van der Waals surface area contributed by atoms with E-state index in [1.165, 1.54) is 0 Å². The molecule has 0 spiro atoms. The van der Waals surface area contributed by atoms with Crippen molar-refractivity contribution in [1.82, 2.24) is 4.98 Å². The minimum absolute atomic E-state index is 0.194. The van der Waals surface area contributed by atoms with Crippen molar-refractivity contribution in [2.75, 3.05) is 11.9 Å². The fourth-order valence-electron chi connectivity index (χ4n) is 2.06. The highest BCUT2D eigenvalue weighted by Crippen LogP contribution is 2.20. The van der Waals surface area contributed by atoms with Gasteiger partial charge in [0.25, 0.3) is 0 Å². The van der Waals surface area contributed by atoms with E-state index in [9.17, 15) is 9.59 Å². The van der Waals surface area contributed by atoms with Crippen molar-refractivity contribution in [3.8, 4) is 5.75 Å². The predicted octanol–water partition coefficient (Wildman–Crippen LogP) is 2.53. The minimum Gasteiger partial charge on any atom is -0.493 e. The van der Waals surface area contributed by atoms with Gasteiger partial charge in [0.1, 0.15) is 5.75 Å². The number of para-hydroxylation sites is 2. The van der Waals surface area contributed by atoms with Crippen LogP contribution in [0.1, 0.15) is 6.42 Å². The highest BCUT2D eigenvalue weighted by molar-refractivity contribution is 5.98. The van der Waals surface area contributed by atoms with Crippen LogP contribution < -0.4 is 15.8 Å². The summed E-state index contributed by atoms with van der Waals surface area (Å²) in [5.41, 5.74) is 1.34. The van der Waals surface area contributed by atoms with Gasteiger partial charge in [-0.2, -0.15) is 0 Å². The second-order valence-corrected chi connectivity index (χ2v) is 4.66. The molecule has 0 bridgehead atoms. The number of fused-ring (bicyclic) bond motifs is 1. The first-order valence-electron chi connectivity index (χ1n) is 6.82. The molecule has 1 aromatic heterocycles. The summed E-state index contributed by atoms with van der Waals surface area (Å²) in [4.78, 5) is 25.7. The maximum Gasteiger partial charge on any atom is 0.417 e. The normalized spacial score (nSPS) is 10.5. The van der Waals surface area contributed by atoms with Crippen LogP contribution in [0.5, 0.6) is 5.75 Å². The molecule has 0 fully saturated rings. The van der Waals surface area contributed by atoms with Gasteiger partial charge in [-0.3, -0.25) is 9.78 Å². The van der Waals surface area contributed by atoms with E-state index >= 15 is 0 Å². The van der Waals surface area contributed by atoms with Crippen LogP contribution in [0.15, 0.2) is 57.7 Å². The maximum atomic E-state index is 11.9. The van der Waals surface area contributed by atoms with Crippen LogP contribution in [0.25, 0.3) is 11.1 Å². The highest BCUT2D eigenvalue weighted by Gasteiger charge is 2.10. The first-order valence-corrected chi connectivity index (χ1v) is 6.82. The summed E-state index contributed by atoms with van der Waals surface area (Å²) in [7, 11) is 0. The highest BCUT2D eigenvalue weighted by atomic mass is 16.5. The average molecular weight is 298 g/mol. The number of hydrogen-bond acceptors (Lipinski definition) is 4. The topological polar surface area (TPSA) is 84.3 Å². The Morgan fingerprint density at radius 1 is 1.14 bits per heavy atom. The number of hydrogen-bond donors (Lipinski definition) is 2. The van der Waals surface area contributed by atoms with Crippen LogP contribution in [0.2, 0.25) is 0 Å². The number of carbonyl (C=O) groups excluding carboxylic acids is 1. The second-order valence-electron chi connectivity index (χ2n) is 4.66. The van der Waals surface area contributed by atoms with E-state index in [1.54, 1.807) is 18.2 Å². The fraction of sp³-hybridized carbons (Fsp3) is 0.125. The largest absolute Gasteiger partial charge is 0.493 e. The van der Waals surface area contributed by atoms with Crippen molar-refractivity contribution in [2.24, 2.45) is 0 Å². The Bertz CT molecular complexity index is 836. The number of oxazole rings is 1. The minimum atomic E-state index is -0.552. The molecular weight excluding hydrogens is 284 g/mol. The average Bonchev–Trinajstić information content (AvgIpc) is 2.90. The Kier molecular flexibility index (Phi) is 3.91. The van der Waals surface area contributed by atoms with Crippen molar-refractivity contribution in [2.45, 2.75) is 6.42 Å². The fourth-order valence-corrected chi connectivity index (χ4v) is 2.06. The van der Waals surface area contributed by atoms with Gasteiger partial charge in [-0.1, -0.05) is 24.3 Å². The van der Waals surface area contributed by atoms with Gasteiger partial charge in [0.2, 0.25) is 5.91 Å². The monoisotopic (exact) mass is 298 g/mol. The molecule has 6 nitrogen and oxygen atoms in total. The number of nitrogens with one attached hydrogen (secondary N) is 2. The van der Waals surface area contributed by atoms with Gasteiger partial charge < -0.3 is 14.5 Å². The molecule has 1 heterocycles. The quantitative estimate of drug-likeness (QED) is 0.758. The van der Waals surface area contributed by atoms with Crippen LogP contribution in [0, 0.1) is 0 Å². The van der Waals surface area contributed by atoms with E-state index in [2.05, 4.69) is 10.3 Å². The zero-order chi connectivity index (χ0) is 15.4. The Morgan fingerprint density at radius 2 is 1.95 bits per heavy atom. The number of aromatic nitrogens is 1. The molecule has 112 valence electrons. The Hall–Kier alpha value is -3.02. The van der Waals surface area contributed by atoms with E-state index in [4.69, 9.17) is 9.15 Å². The van der Waals surface area contributed by atoms with Crippen LogP contribution in [-0.2, 0) is 4.79 Å². The molecule has 0 aliphatic heterocycles. The van der Waals surface area contributed by atoms with Crippen LogP contribution in [-0.4, -0.2) is 17.5 Å². The lowest BCUT2D eigenvalue weighted by Gasteiger charge is -2.07. The molecule has 0 unspecified atom stereocenters. The lowest BCUT2D eigenvalue weighted by Crippen LogP contribution is -2.15. The molecule has 22 heavy (non-hydrogen) atoms. The molecule has 6 heteroatoms. The first kappa shape index (κ1) is 13.9. The van der Waals surface area contributed by atoms with Crippen molar-refractivity contribution in [3.63, 3.8) is 0 Å². The summed E-state index contributed by atoms with van der Waals surface area (Å²) in [6, 6.07) is 14.4. The molecule has 1 amide bonds. The Morgan fingerprint density at radius 3 is 2.77 bits per heavy atom. The molecule has 0 aliphatic rings. The molecule has 0 aliphatic carbocycles. The lowest BCUT2D eigenvalue weighted by molar-refractivity contribution is -0.116. The maximum absolute atomic E-state index is 11.9.